The fourth-order valence-electron chi connectivity index (χ4n) is 2.35. The lowest BCUT2D eigenvalue weighted by atomic mass is 9.87. The van der Waals surface area contributed by atoms with Crippen molar-refractivity contribution < 1.29 is 4.74 Å². The maximum atomic E-state index is 5.08. The monoisotopic (exact) mass is 214 g/mol. The topological polar surface area (TPSA) is 9.23 Å². The summed E-state index contributed by atoms with van der Waals surface area (Å²) in [6, 6.07) is 0. The molecule has 0 bridgehead atoms. The predicted octanol–water partition coefficient (Wildman–Crippen LogP) is 4.66. The summed E-state index contributed by atoms with van der Waals surface area (Å²) in [6.07, 6.45) is 9.47. The maximum Gasteiger partial charge on any atom is 0.0462 e. The average molecular weight is 214 g/mol. The molecule has 2 atom stereocenters. The molecule has 0 saturated heterocycles. The van der Waals surface area contributed by atoms with E-state index in [0.717, 1.165) is 18.4 Å². The largest absolute Gasteiger partial charge is 0.385 e. The van der Waals surface area contributed by atoms with Crippen molar-refractivity contribution in [2.24, 2.45) is 11.8 Å². The van der Waals surface area contributed by atoms with E-state index < -0.39 is 0 Å². The number of ether oxygens (including phenoxy) is 1. The number of methoxy groups -OCH3 is 1. The lowest BCUT2D eigenvalue weighted by Crippen LogP contribution is -2.06. The highest BCUT2D eigenvalue weighted by atomic mass is 16.5. The SMILES string of the molecule is CCCC(C)CC(CC)CCCCOC. The van der Waals surface area contributed by atoms with Crippen molar-refractivity contribution in [1.29, 1.82) is 0 Å². The van der Waals surface area contributed by atoms with Crippen molar-refractivity contribution in [3.8, 4) is 0 Å². The van der Waals surface area contributed by atoms with Crippen LogP contribution in [-0.2, 0) is 4.74 Å². The van der Waals surface area contributed by atoms with Crippen LogP contribution >= 0.6 is 0 Å². The summed E-state index contributed by atoms with van der Waals surface area (Å²) in [6.45, 7) is 7.96. The Morgan fingerprint density at radius 1 is 1.07 bits per heavy atom. The van der Waals surface area contributed by atoms with Crippen LogP contribution in [-0.4, -0.2) is 13.7 Å². The van der Waals surface area contributed by atoms with Gasteiger partial charge in [0.25, 0.3) is 0 Å². The van der Waals surface area contributed by atoms with Crippen molar-refractivity contribution >= 4 is 0 Å². The Kier molecular flexibility index (Phi) is 10.4. The molecule has 0 amide bonds. The zero-order chi connectivity index (χ0) is 11.5. The van der Waals surface area contributed by atoms with Crippen molar-refractivity contribution in [2.45, 2.75) is 65.7 Å². The predicted molar refractivity (Wildman–Crippen MR) is 68.2 cm³/mol. The molecule has 1 heteroatoms. The van der Waals surface area contributed by atoms with Gasteiger partial charge in [-0.05, 0) is 24.7 Å². The van der Waals surface area contributed by atoms with Crippen LogP contribution in [0.2, 0.25) is 0 Å². The van der Waals surface area contributed by atoms with Crippen LogP contribution in [0.4, 0.5) is 0 Å². The third-order valence-corrected chi connectivity index (χ3v) is 3.31. The summed E-state index contributed by atoms with van der Waals surface area (Å²) in [5.74, 6) is 1.87. The van der Waals surface area contributed by atoms with Gasteiger partial charge in [-0.15, -0.1) is 0 Å². The first kappa shape index (κ1) is 15.0. The Labute approximate surface area is 96.6 Å². The van der Waals surface area contributed by atoms with Crippen molar-refractivity contribution in [1.82, 2.24) is 0 Å². The first-order chi connectivity index (χ1) is 7.24. The van der Waals surface area contributed by atoms with Crippen LogP contribution in [0.5, 0.6) is 0 Å². The van der Waals surface area contributed by atoms with Gasteiger partial charge in [-0.3, -0.25) is 0 Å². The highest BCUT2D eigenvalue weighted by Crippen LogP contribution is 2.23. The van der Waals surface area contributed by atoms with Crippen LogP contribution in [0, 0.1) is 11.8 Å². The summed E-state index contributed by atoms with van der Waals surface area (Å²) in [5, 5.41) is 0. The summed E-state index contributed by atoms with van der Waals surface area (Å²) >= 11 is 0. The van der Waals surface area contributed by atoms with Gasteiger partial charge >= 0.3 is 0 Å². The van der Waals surface area contributed by atoms with E-state index in [1.54, 1.807) is 7.11 Å². The van der Waals surface area contributed by atoms with E-state index in [1.807, 2.05) is 0 Å². The minimum absolute atomic E-state index is 0.919. The number of hydrogen-bond donors (Lipinski definition) is 0. The van der Waals surface area contributed by atoms with Gasteiger partial charge < -0.3 is 4.74 Å². The number of unbranched alkanes of at least 4 members (excludes halogenated alkanes) is 1. The van der Waals surface area contributed by atoms with Gasteiger partial charge in [-0.1, -0.05) is 52.9 Å². The van der Waals surface area contributed by atoms with E-state index in [4.69, 9.17) is 4.74 Å². The second-order valence-electron chi connectivity index (χ2n) is 4.89. The molecule has 0 N–H and O–H groups in total. The average Bonchev–Trinajstić information content (AvgIpc) is 2.23. The van der Waals surface area contributed by atoms with Gasteiger partial charge in [0.2, 0.25) is 0 Å². The van der Waals surface area contributed by atoms with Crippen LogP contribution in [0.3, 0.4) is 0 Å². The van der Waals surface area contributed by atoms with Gasteiger partial charge in [0.15, 0.2) is 0 Å². The van der Waals surface area contributed by atoms with E-state index in [9.17, 15) is 0 Å². The summed E-state index contributed by atoms with van der Waals surface area (Å²) < 4.78 is 5.08. The normalized spacial score (nSPS) is 15.2. The van der Waals surface area contributed by atoms with E-state index in [1.165, 1.54) is 44.9 Å². The Morgan fingerprint density at radius 3 is 2.33 bits per heavy atom. The Bertz CT molecular complexity index is 123. The van der Waals surface area contributed by atoms with Gasteiger partial charge in [-0.2, -0.15) is 0 Å². The van der Waals surface area contributed by atoms with Crippen molar-refractivity contribution in [3.05, 3.63) is 0 Å². The highest BCUT2D eigenvalue weighted by Gasteiger charge is 2.10. The molecule has 1 nitrogen and oxygen atoms in total. The molecule has 92 valence electrons. The standard InChI is InChI=1S/C14H30O/c1-5-9-13(3)12-14(6-2)10-7-8-11-15-4/h13-14H,5-12H2,1-4H3. The minimum atomic E-state index is 0.919. The van der Waals surface area contributed by atoms with E-state index in [-0.39, 0.29) is 0 Å². The molecular formula is C14H30O. The van der Waals surface area contributed by atoms with Crippen molar-refractivity contribution in [2.75, 3.05) is 13.7 Å². The van der Waals surface area contributed by atoms with Gasteiger partial charge in [0, 0.05) is 13.7 Å². The molecule has 0 spiro atoms. The molecule has 0 radical (unpaired) electrons. The molecule has 0 heterocycles. The lowest BCUT2D eigenvalue weighted by Gasteiger charge is -2.19. The first-order valence-corrected chi connectivity index (χ1v) is 6.73. The van der Waals surface area contributed by atoms with Crippen LogP contribution < -0.4 is 0 Å². The number of hydrogen-bond acceptors (Lipinski definition) is 1. The van der Waals surface area contributed by atoms with E-state index in [2.05, 4.69) is 20.8 Å². The van der Waals surface area contributed by atoms with E-state index in [0.29, 0.717) is 0 Å². The lowest BCUT2D eigenvalue weighted by molar-refractivity contribution is 0.188. The fraction of sp³-hybridized carbons (Fsp3) is 1.00. The molecule has 0 rings (SSSR count). The molecule has 0 aromatic heterocycles. The van der Waals surface area contributed by atoms with E-state index >= 15 is 0 Å². The molecule has 0 saturated carbocycles. The highest BCUT2D eigenvalue weighted by molar-refractivity contribution is 4.62. The second-order valence-corrected chi connectivity index (χ2v) is 4.89. The molecular weight excluding hydrogens is 184 g/mol. The summed E-state index contributed by atoms with van der Waals surface area (Å²) in [5.41, 5.74) is 0. The molecule has 0 aliphatic rings. The molecule has 0 aliphatic heterocycles. The zero-order valence-corrected chi connectivity index (χ0v) is 11.2. The molecule has 2 unspecified atom stereocenters. The quantitative estimate of drug-likeness (QED) is 0.481. The summed E-state index contributed by atoms with van der Waals surface area (Å²) in [4.78, 5) is 0. The fourth-order valence-corrected chi connectivity index (χ4v) is 2.35. The van der Waals surface area contributed by atoms with Crippen LogP contribution in [0.15, 0.2) is 0 Å². The maximum absolute atomic E-state index is 5.08. The smallest absolute Gasteiger partial charge is 0.0462 e. The summed E-state index contributed by atoms with van der Waals surface area (Å²) in [7, 11) is 1.79. The van der Waals surface area contributed by atoms with Gasteiger partial charge in [0.1, 0.15) is 0 Å². The zero-order valence-electron chi connectivity index (χ0n) is 11.2. The third-order valence-electron chi connectivity index (χ3n) is 3.31. The first-order valence-electron chi connectivity index (χ1n) is 6.73. The molecule has 0 fully saturated rings. The Morgan fingerprint density at radius 2 is 1.80 bits per heavy atom. The van der Waals surface area contributed by atoms with Gasteiger partial charge in [0.05, 0.1) is 0 Å². The van der Waals surface area contributed by atoms with Gasteiger partial charge in [-0.25, -0.2) is 0 Å². The molecule has 0 aromatic carbocycles. The third kappa shape index (κ3) is 8.92. The Balaban J connectivity index is 3.53. The van der Waals surface area contributed by atoms with Crippen LogP contribution in [0.1, 0.15) is 65.7 Å². The number of rotatable bonds is 10. The van der Waals surface area contributed by atoms with Crippen LogP contribution in [0.25, 0.3) is 0 Å². The molecule has 15 heavy (non-hydrogen) atoms. The molecule has 0 aliphatic carbocycles. The van der Waals surface area contributed by atoms with Crippen molar-refractivity contribution in [3.63, 3.8) is 0 Å². The molecule has 0 aromatic rings. The second kappa shape index (κ2) is 10.5. The minimum Gasteiger partial charge on any atom is -0.385 e. The Hall–Kier alpha value is -0.0400.